The molecule has 0 fully saturated rings. The van der Waals surface area contributed by atoms with Crippen LogP contribution >= 0.6 is 0 Å². The maximum atomic E-state index is 12.2. The van der Waals surface area contributed by atoms with E-state index >= 15 is 0 Å². The highest BCUT2D eigenvalue weighted by Gasteiger charge is 2.27. The van der Waals surface area contributed by atoms with E-state index in [0.29, 0.717) is 18.8 Å². The van der Waals surface area contributed by atoms with Gasteiger partial charge in [0.05, 0.1) is 5.92 Å². The van der Waals surface area contributed by atoms with Crippen LogP contribution in [0.15, 0.2) is 28.8 Å². The van der Waals surface area contributed by atoms with Gasteiger partial charge in [-0.2, -0.15) is 4.98 Å². The molecule has 0 bridgehead atoms. The van der Waals surface area contributed by atoms with E-state index in [-0.39, 0.29) is 24.3 Å². The van der Waals surface area contributed by atoms with Gasteiger partial charge in [-0.25, -0.2) is 0 Å². The number of amides is 1. The van der Waals surface area contributed by atoms with Crippen LogP contribution in [-0.2, 0) is 24.2 Å². The average Bonchev–Trinajstić information content (AvgIpc) is 3.13. The zero-order valence-corrected chi connectivity index (χ0v) is 11.6. The van der Waals surface area contributed by atoms with E-state index in [0.717, 1.165) is 18.4 Å². The van der Waals surface area contributed by atoms with Crippen LogP contribution in [0.4, 0.5) is 0 Å². The summed E-state index contributed by atoms with van der Waals surface area (Å²) in [5.41, 5.74) is 2.40. The van der Waals surface area contributed by atoms with Crippen LogP contribution in [0, 0.1) is 0 Å². The summed E-state index contributed by atoms with van der Waals surface area (Å²) in [5.74, 6) is 0.678. The molecule has 0 saturated heterocycles. The minimum Gasteiger partial charge on any atom is -0.387 e. The number of carbonyl (C=O) groups excluding carboxylic acids is 1. The molecule has 2 aromatic rings. The van der Waals surface area contributed by atoms with Gasteiger partial charge < -0.3 is 14.9 Å². The van der Waals surface area contributed by atoms with Crippen LogP contribution in [0.3, 0.4) is 0 Å². The van der Waals surface area contributed by atoms with Crippen LogP contribution in [-0.4, -0.2) is 27.7 Å². The molecular weight excluding hydrogens is 270 g/mol. The van der Waals surface area contributed by atoms with E-state index in [1.54, 1.807) is 0 Å². The monoisotopic (exact) mass is 287 g/mol. The highest BCUT2D eigenvalue weighted by Crippen LogP contribution is 2.32. The van der Waals surface area contributed by atoms with Crippen molar-refractivity contribution in [3.8, 4) is 0 Å². The predicted octanol–water partition coefficient (Wildman–Crippen LogP) is 0.951. The number of rotatable bonds is 5. The van der Waals surface area contributed by atoms with Gasteiger partial charge in [0.15, 0.2) is 5.82 Å². The predicted molar refractivity (Wildman–Crippen MR) is 74.4 cm³/mol. The standard InChI is InChI=1S/C15H17N3O3/c19-9-14-17-13(18-21-14)7-8-16-15(20)12-6-5-10-3-1-2-4-11(10)12/h1-4,12,19H,5-9H2,(H,16,20). The molecule has 6 nitrogen and oxygen atoms in total. The third-order valence-electron chi connectivity index (χ3n) is 3.74. The number of fused-ring (bicyclic) bond motifs is 1. The summed E-state index contributed by atoms with van der Waals surface area (Å²) in [4.78, 5) is 16.2. The Balaban J connectivity index is 1.53. The number of hydrogen-bond donors (Lipinski definition) is 2. The van der Waals surface area contributed by atoms with Crippen molar-refractivity contribution in [1.29, 1.82) is 0 Å². The lowest BCUT2D eigenvalue weighted by molar-refractivity contribution is -0.122. The fourth-order valence-electron chi connectivity index (χ4n) is 2.71. The Morgan fingerprint density at radius 1 is 1.43 bits per heavy atom. The van der Waals surface area contributed by atoms with E-state index in [1.807, 2.05) is 18.2 Å². The van der Waals surface area contributed by atoms with Gasteiger partial charge in [-0.05, 0) is 24.0 Å². The topological polar surface area (TPSA) is 88.2 Å². The summed E-state index contributed by atoms with van der Waals surface area (Å²) in [5, 5.41) is 15.5. The molecule has 0 aliphatic heterocycles. The zero-order chi connectivity index (χ0) is 14.7. The third kappa shape index (κ3) is 2.95. The molecule has 1 aliphatic carbocycles. The first-order chi connectivity index (χ1) is 10.3. The van der Waals surface area contributed by atoms with Crippen molar-refractivity contribution in [3.63, 3.8) is 0 Å². The summed E-state index contributed by atoms with van der Waals surface area (Å²) >= 11 is 0. The van der Waals surface area contributed by atoms with Crippen LogP contribution in [0.2, 0.25) is 0 Å². The Kier molecular flexibility index (Phi) is 3.96. The van der Waals surface area contributed by atoms with Gasteiger partial charge in [0.2, 0.25) is 5.91 Å². The van der Waals surface area contributed by atoms with E-state index in [2.05, 4.69) is 21.5 Å². The second-order valence-electron chi connectivity index (χ2n) is 5.09. The Hall–Kier alpha value is -2.21. The first-order valence-corrected chi connectivity index (χ1v) is 7.06. The van der Waals surface area contributed by atoms with Crippen molar-refractivity contribution in [1.82, 2.24) is 15.5 Å². The van der Waals surface area contributed by atoms with Gasteiger partial charge in [0, 0.05) is 13.0 Å². The number of aromatic nitrogens is 2. The fraction of sp³-hybridized carbons (Fsp3) is 0.400. The maximum Gasteiger partial charge on any atom is 0.252 e. The van der Waals surface area contributed by atoms with E-state index < -0.39 is 0 Å². The summed E-state index contributed by atoms with van der Waals surface area (Å²) < 4.78 is 4.79. The molecule has 0 spiro atoms. The minimum atomic E-state index is -0.266. The summed E-state index contributed by atoms with van der Waals surface area (Å²) in [6.07, 6.45) is 2.31. The highest BCUT2D eigenvalue weighted by atomic mass is 16.5. The average molecular weight is 287 g/mol. The van der Waals surface area contributed by atoms with Gasteiger partial charge >= 0.3 is 0 Å². The molecule has 1 aromatic heterocycles. The number of nitrogens with zero attached hydrogens (tertiary/aromatic N) is 2. The lowest BCUT2D eigenvalue weighted by Crippen LogP contribution is -2.30. The molecule has 1 aliphatic rings. The van der Waals surface area contributed by atoms with Crippen molar-refractivity contribution in [2.75, 3.05) is 6.54 Å². The molecular formula is C15H17N3O3. The first kappa shape index (κ1) is 13.8. The van der Waals surface area contributed by atoms with Crippen LogP contribution in [0.25, 0.3) is 0 Å². The molecule has 3 rings (SSSR count). The van der Waals surface area contributed by atoms with Crippen molar-refractivity contribution in [3.05, 3.63) is 47.1 Å². The van der Waals surface area contributed by atoms with Crippen molar-refractivity contribution in [2.45, 2.75) is 31.8 Å². The number of hydrogen-bond acceptors (Lipinski definition) is 5. The van der Waals surface area contributed by atoms with Gasteiger partial charge in [0.25, 0.3) is 5.89 Å². The molecule has 1 aromatic carbocycles. The molecule has 2 N–H and O–H groups in total. The van der Waals surface area contributed by atoms with Gasteiger partial charge in [0.1, 0.15) is 6.61 Å². The Labute approximate surface area is 122 Å². The summed E-state index contributed by atoms with van der Waals surface area (Å²) in [7, 11) is 0. The molecule has 0 saturated carbocycles. The van der Waals surface area contributed by atoms with Crippen molar-refractivity contribution in [2.24, 2.45) is 0 Å². The van der Waals surface area contributed by atoms with Crippen molar-refractivity contribution >= 4 is 5.91 Å². The normalized spacial score (nSPS) is 16.7. The second-order valence-corrected chi connectivity index (χ2v) is 5.09. The number of nitrogens with one attached hydrogen (secondary N) is 1. The van der Waals surface area contributed by atoms with Crippen LogP contribution in [0.5, 0.6) is 0 Å². The van der Waals surface area contributed by atoms with Gasteiger partial charge in [-0.15, -0.1) is 0 Å². The summed E-state index contributed by atoms with van der Waals surface area (Å²) in [6, 6.07) is 8.09. The largest absolute Gasteiger partial charge is 0.387 e. The molecule has 110 valence electrons. The summed E-state index contributed by atoms with van der Waals surface area (Å²) in [6.45, 7) is 0.195. The Morgan fingerprint density at radius 3 is 3.10 bits per heavy atom. The number of aliphatic hydroxyl groups is 1. The molecule has 0 radical (unpaired) electrons. The van der Waals surface area contributed by atoms with Crippen molar-refractivity contribution < 1.29 is 14.4 Å². The fourth-order valence-corrected chi connectivity index (χ4v) is 2.71. The first-order valence-electron chi connectivity index (χ1n) is 7.06. The number of aliphatic hydroxyl groups excluding tert-OH is 1. The molecule has 1 heterocycles. The quantitative estimate of drug-likeness (QED) is 0.855. The zero-order valence-electron chi connectivity index (χ0n) is 11.6. The number of benzene rings is 1. The molecule has 1 atom stereocenters. The highest BCUT2D eigenvalue weighted by molar-refractivity contribution is 5.84. The van der Waals surface area contributed by atoms with Gasteiger partial charge in [-0.1, -0.05) is 29.4 Å². The maximum absolute atomic E-state index is 12.2. The second kappa shape index (κ2) is 6.05. The number of carbonyl (C=O) groups is 1. The molecule has 1 amide bonds. The van der Waals surface area contributed by atoms with E-state index in [4.69, 9.17) is 9.63 Å². The van der Waals surface area contributed by atoms with E-state index in [9.17, 15) is 4.79 Å². The lowest BCUT2D eigenvalue weighted by atomic mass is 10.0. The molecule has 1 unspecified atom stereocenters. The lowest BCUT2D eigenvalue weighted by Gasteiger charge is -2.11. The van der Waals surface area contributed by atoms with E-state index in [1.165, 1.54) is 5.56 Å². The smallest absolute Gasteiger partial charge is 0.252 e. The van der Waals surface area contributed by atoms with Crippen LogP contribution < -0.4 is 5.32 Å². The third-order valence-corrected chi connectivity index (χ3v) is 3.74. The van der Waals surface area contributed by atoms with Crippen LogP contribution in [0.1, 0.15) is 35.2 Å². The Bertz CT molecular complexity index is 639. The molecule has 6 heteroatoms. The Morgan fingerprint density at radius 2 is 2.29 bits per heavy atom. The SMILES string of the molecule is O=C(NCCc1noc(CO)n1)C1CCc2ccccc21. The number of aryl methyl sites for hydroxylation is 1. The van der Waals surface area contributed by atoms with Gasteiger partial charge in [-0.3, -0.25) is 4.79 Å². The minimum absolute atomic E-state index is 0.0471. The molecule has 21 heavy (non-hydrogen) atoms.